The minimum absolute atomic E-state index is 0.00259. The number of hydrogen-bond donors (Lipinski definition) is 2. The highest BCUT2D eigenvalue weighted by Crippen LogP contribution is 2.47. The maximum absolute atomic E-state index is 12.4. The van der Waals surface area contributed by atoms with Gasteiger partial charge in [0.25, 0.3) is 0 Å². The number of nitrogens with two attached hydrogens (primary N) is 1. The second-order valence-electron chi connectivity index (χ2n) is 6.68. The molecule has 1 amide bonds. The van der Waals surface area contributed by atoms with Crippen molar-refractivity contribution in [3.8, 4) is 11.4 Å². The topological polar surface area (TPSA) is 94.0 Å². The van der Waals surface area contributed by atoms with Crippen molar-refractivity contribution < 1.29 is 9.32 Å². The summed E-state index contributed by atoms with van der Waals surface area (Å²) in [6, 6.07) is 7.21. The lowest BCUT2D eigenvalue weighted by atomic mass is 9.84. The number of rotatable bonds is 4. The molecule has 2 aliphatic rings. The molecule has 1 aromatic carbocycles. The van der Waals surface area contributed by atoms with Gasteiger partial charge in [-0.05, 0) is 43.2 Å². The summed E-state index contributed by atoms with van der Waals surface area (Å²) in [5.74, 6) is 1.67. The van der Waals surface area contributed by atoms with Crippen molar-refractivity contribution in [3.05, 3.63) is 35.2 Å². The van der Waals surface area contributed by atoms with E-state index in [0.717, 1.165) is 24.8 Å². The molecule has 2 saturated carbocycles. The molecular formula is C17H19ClN4O2. The first kappa shape index (κ1) is 15.6. The molecule has 1 heterocycles. The van der Waals surface area contributed by atoms with Gasteiger partial charge in [-0.3, -0.25) is 4.79 Å². The van der Waals surface area contributed by atoms with Crippen LogP contribution in [-0.2, 0) is 11.3 Å². The Kier molecular flexibility index (Phi) is 4.02. The lowest BCUT2D eigenvalue weighted by Crippen LogP contribution is -2.45. The number of nitrogens with one attached hydrogen (secondary N) is 1. The first-order chi connectivity index (χ1) is 11.6. The van der Waals surface area contributed by atoms with E-state index in [9.17, 15) is 4.79 Å². The van der Waals surface area contributed by atoms with Gasteiger partial charge in [-0.15, -0.1) is 0 Å². The van der Waals surface area contributed by atoms with Crippen molar-refractivity contribution in [1.29, 1.82) is 0 Å². The molecule has 4 atom stereocenters. The third-order valence-corrected chi connectivity index (χ3v) is 5.48. The molecule has 24 heavy (non-hydrogen) atoms. The zero-order valence-electron chi connectivity index (χ0n) is 13.1. The number of carbonyl (C=O) groups excluding carboxylic acids is 1. The summed E-state index contributed by atoms with van der Waals surface area (Å²) in [4.78, 5) is 16.7. The Balaban J connectivity index is 1.39. The molecule has 3 N–H and O–H groups in total. The highest BCUT2D eigenvalue weighted by molar-refractivity contribution is 6.30. The quantitative estimate of drug-likeness (QED) is 0.886. The fourth-order valence-corrected chi connectivity index (χ4v) is 4.27. The molecule has 126 valence electrons. The van der Waals surface area contributed by atoms with Crippen LogP contribution in [0.1, 0.15) is 25.2 Å². The van der Waals surface area contributed by atoms with Crippen molar-refractivity contribution in [2.75, 3.05) is 0 Å². The van der Waals surface area contributed by atoms with E-state index < -0.39 is 0 Å². The maximum Gasteiger partial charge on any atom is 0.246 e. The van der Waals surface area contributed by atoms with E-state index in [-0.39, 0.29) is 24.4 Å². The summed E-state index contributed by atoms with van der Waals surface area (Å²) < 4.78 is 5.21. The lowest BCUT2D eigenvalue weighted by Gasteiger charge is -2.26. The van der Waals surface area contributed by atoms with Gasteiger partial charge in [-0.1, -0.05) is 28.9 Å². The maximum atomic E-state index is 12.4. The summed E-state index contributed by atoms with van der Waals surface area (Å²) in [7, 11) is 0. The van der Waals surface area contributed by atoms with Crippen LogP contribution in [0.2, 0.25) is 5.02 Å². The van der Waals surface area contributed by atoms with E-state index in [1.54, 1.807) is 12.1 Å². The first-order valence-electron chi connectivity index (χ1n) is 8.23. The second kappa shape index (κ2) is 6.18. The van der Waals surface area contributed by atoms with Crippen LogP contribution in [0.3, 0.4) is 0 Å². The van der Waals surface area contributed by atoms with Gasteiger partial charge in [0, 0.05) is 16.6 Å². The van der Waals surface area contributed by atoms with Crippen LogP contribution in [-0.4, -0.2) is 22.1 Å². The molecule has 7 heteroatoms. The molecule has 4 unspecified atom stereocenters. The second-order valence-corrected chi connectivity index (χ2v) is 7.11. The van der Waals surface area contributed by atoms with Gasteiger partial charge < -0.3 is 15.6 Å². The molecule has 0 radical (unpaired) electrons. The standard InChI is InChI=1S/C17H19ClN4O2/c18-12-3-1-2-11(7-12)16-21-13(24-22-16)8-20-17(23)14-9-4-5-10(6-9)15(14)19/h1-3,7,9-10,14-15H,4-6,8,19H2,(H,20,23). The molecular weight excluding hydrogens is 328 g/mol. The van der Waals surface area contributed by atoms with Crippen molar-refractivity contribution in [1.82, 2.24) is 15.5 Å². The van der Waals surface area contributed by atoms with Gasteiger partial charge in [0.2, 0.25) is 17.6 Å². The summed E-state index contributed by atoms with van der Waals surface area (Å²) >= 11 is 5.97. The Morgan fingerprint density at radius 1 is 1.38 bits per heavy atom. The Morgan fingerprint density at radius 3 is 2.96 bits per heavy atom. The van der Waals surface area contributed by atoms with Crippen molar-refractivity contribution in [2.24, 2.45) is 23.5 Å². The van der Waals surface area contributed by atoms with Gasteiger partial charge in [0.1, 0.15) is 0 Å². The SMILES string of the molecule is NC1C2CCC(C2)C1C(=O)NCc1nc(-c2cccc(Cl)c2)no1. The first-order valence-corrected chi connectivity index (χ1v) is 8.61. The van der Waals surface area contributed by atoms with Crippen LogP contribution in [0, 0.1) is 17.8 Å². The average Bonchev–Trinajstić information content (AvgIpc) is 3.28. The molecule has 0 aliphatic heterocycles. The molecule has 2 bridgehead atoms. The Bertz CT molecular complexity index is 761. The average molecular weight is 347 g/mol. The van der Waals surface area contributed by atoms with Crippen LogP contribution >= 0.6 is 11.6 Å². The number of amides is 1. The minimum atomic E-state index is -0.0842. The Morgan fingerprint density at radius 2 is 2.21 bits per heavy atom. The van der Waals surface area contributed by atoms with Gasteiger partial charge in [0.05, 0.1) is 12.5 Å². The summed E-state index contributed by atoms with van der Waals surface area (Å²) in [6.45, 7) is 0.215. The third-order valence-electron chi connectivity index (χ3n) is 5.25. The highest BCUT2D eigenvalue weighted by atomic mass is 35.5. The van der Waals surface area contributed by atoms with E-state index in [4.69, 9.17) is 21.9 Å². The van der Waals surface area contributed by atoms with E-state index in [1.807, 2.05) is 12.1 Å². The van der Waals surface area contributed by atoms with Crippen LogP contribution in [0.5, 0.6) is 0 Å². The number of halogens is 1. The smallest absolute Gasteiger partial charge is 0.246 e. The lowest BCUT2D eigenvalue weighted by molar-refractivity contribution is -0.127. The van der Waals surface area contributed by atoms with Crippen molar-refractivity contribution >= 4 is 17.5 Å². The zero-order valence-corrected chi connectivity index (χ0v) is 13.9. The van der Waals surface area contributed by atoms with Gasteiger partial charge in [-0.25, -0.2) is 0 Å². The molecule has 1 aromatic heterocycles. The van der Waals surface area contributed by atoms with E-state index in [0.29, 0.717) is 28.6 Å². The number of carbonyl (C=O) groups is 1. The molecule has 4 rings (SSSR count). The predicted molar refractivity (Wildman–Crippen MR) is 88.9 cm³/mol. The molecule has 2 aromatic rings. The van der Waals surface area contributed by atoms with E-state index >= 15 is 0 Å². The normalized spacial score (nSPS) is 28.2. The van der Waals surface area contributed by atoms with E-state index in [1.165, 1.54) is 0 Å². The largest absolute Gasteiger partial charge is 0.347 e. The highest BCUT2D eigenvalue weighted by Gasteiger charge is 2.48. The molecule has 0 saturated heterocycles. The Hall–Kier alpha value is -1.92. The number of aromatic nitrogens is 2. The van der Waals surface area contributed by atoms with Gasteiger partial charge >= 0.3 is 0 Å². The van der Waals surface area contributed by atoms with Crippen LogP contribution in [0.15, 0.2) is 28.8 Å². The summed E-state index contributed by atoms with van der Waals surface area (Å²) in [6.07, 6.45) is 3.34. The third kappa shape index (κ3) is 2.80. The molecule has 0 spiro atoms. The number of fused-ring (bicyclic) bond motifs is 2. The number of hydrogen-bond acceptors (Lipinski definition) is 5. The van der Waals surface area contributed by atoms with Crippen LogP contribution in [0.25, 0.3) is 11.4 Å². The zero-order chi connectivity index (χ0) is 16.7. The summed E-state index contributed by atoms with van der Waals surface area (Å²) in [5, 5.41) is 7.44. The van der Waals surface area contributed by atoms with Crippen LogP contribution in [0.4, 0.5) is 0 Å². The van der Waals surface area contributed by atoms with Gasteiger partial charge in [0.15, 0.2) is 0 Å². The van der Waals surface area contributed by atoms with E-state index in [2.05, 4.69) is 15.5 Å². The predicted octanol–water partition coefficient (Wildman–Crippen LogP) is 2.38. The fourth-order valence-electron chi connectivity index (χ4n) is 4.08. The monoisotopic (exact) mass is 346 g/mol. The summed E-state index contributed by atoms with van der Waals surface area (Å²) in [5.41, 5.74) is 6.98. The molecule has 6 nitrogen and oxygen atoms in total. The van der Waals surface area contributed by atoms with Crippen molar-refractivity contribution in [2.45, 2.75) is 31.8 Å². The number of nitrogens with zero attached hydrogens (tertiary/aromatic N) is 2. The van der Waals surface area contributed by atoms with Crippen molar-refractivity contribution in [3.63, 3.8) is 0 Å². The Labute approximate surface area is 144 Å². The van der Waals surface area contributed by atoms with Crippen LogP contribution < -0.4 is 11.1 Å². The van der Waals surface area contributed by atoms with Gasteiger partial charge in [-0.2, -0.15) is 4.98 Å². The minimum Gasteiger partial charge on any atom is -0.347 e. The molecule has 2 aliphatic carbocycles. The molecule has 2 fully saturated rings. The fraction of sp³-hybridized carbons (Fsp3) is 0.471. The number of benzene rings is 1.